The number of anilines is 6. The molecular weight excluding hydrogens is 2410 g/mol. The van der Waals surface area contributed by atoms with Crippen LogP contribution in [0.5, 0.6) is 23.0 Å². The van der Waals surface area contributed by atoms with Gasteiger partial charge in [0, 0.05) is 72.0 Å². The fourth-order valence-electron chi connectivity index (χ4n) is 16.9. The van der Waals surface area contributed by atoms with Gasteiger partial charge in [-0.2, -0.15) is 33.5 Å². The molecule has 145 heavy (non-hydrogen) atoms. The second-order valence-electron chi connectivity index (χ2n) is 37.5. The molecule has 4 aliphatic rings. The summed E-state index contributed by atoms with van der Waals surface area (Å²) in [4.78, 5) is 17.2. The van der Waals surface area contributed by atoms with Gasteiger partial charge in [0.1, 0.15) is 0 Å². The van der Waals surface area contributed by atoms with Crippen LogP contribution in [0.2, 0.25) is 12.6 Å². The quantitative estimate of drug-likeness (QED) is 0.0291. The van der Waals surface area contributed by atoms with Crippen LogP contribution in [0, 0.1) is 87.4 Å². The fraction of sp³-hybridized carbons (Fsp3) is 0.374. The van der Waals surface area contributed by atoms with Gasteiger partial charge in [-0.15, -0.1) is 0 Å². The topological polar surface area (TPSA) is 116 Å². The third-order valence-electron chi connectivity index (χ3n) is 24.4. The summed E-state index contributed by atoms with van der Waals surface area (Å²) in [5.74, 6) is 8.09. The van der Waals surface area contributed by atoms with E-state index in [0.717, 1.165) is 83.5 Å². The number of hydrogen-bond acceptors (Lipinski definition) is 14. The first kappa shape index (κ1) is 128. The number of rotatable bonds is 26. The largest absolute Gasteiger partial charge is 0.501 e. The Morgan fingerprint density at radius 1 is 0.434 bits per heavy atom. The number of halogens is 8. The van der Waals surface area contributed by atoms with E-state index >= 15 is 0 Å². The minimum atomic E-state index is -2.05. The molecule has 1 atom stereocenters. The van der Waals surface area contributed by atoms with E-state index in [-0.39, 0.29) is 35.5 Å². The fourth-order valence-corrected chi connectivity index (χ4v) is 27.2. The summed E-state index contributed by atoms with van der Waals surface area (Å²) < 4.78 is 55.9. The van der Waals surface area contributed by atoms with Crippen molar-refractivity contribution in [3.63, 3.8) is 0 Å². The van der Waals surface area contributed by atoms with Crippen molar-refractivity contribution < 1.29 is 90.3 Å². The smallest absolute Gasteiger partial charge is 0.335 e. The Balaban J connectivity index is 0.000000257. The predicted octanol–water partition coefficient (Wildman–Crippen LogP) is 33.7. The van der Waals surface area contributed by atoms with E-state index in [1.54, 1.807) is 14.2 Å². The molecule has 14 rings (SSSR count). The Kier molecular flexibility index (Phi) is 56.6. The van der Waals surface area contributed by atoms with Gasteiger partial charge in [0.15, 0.2) is 0 Å². The Morgan fingerprint density at radius 3 is 1.08 bits per heavy atom. The van der Waals surface area contributed by atoms with Crippen LogP contribution >= 0.6 is 101 Å². The molecule has 14 nitrogen and oxygen atoms in total. The summed E-state index contributed by atoms with van der Waals surface area (Å²) in [6.07, 6.45) is 5.29. The van der Waals surface area contributed by atoms with Gasteiger partial charge in [-0.05, 0) is 246 Å². The molecule has 1 unspecified atom stereocenters. The molecule has 2 saturated heterocycles. The number of allylic oxidation sites excluding steroid dienone is 4. The van der Waals surface area contributed by atoms with Gasteiger partial charge in [0.25, 0.3) is 0 Å². The Hall–Kier alpha value is -5.37. The van der Waals surface area contributed by atoms with E-state index in [1.807, 2.05) is 194 Å². The van der Waals surface area contributed by atoms with Gasteiger partial charge >= 0.3 is 411 Å². The van der Waals surface area contributed by atoms with E-state index in [4.69, 9.17) is 104 Å². The van der Waals surface area contributed by atoms with Gasteiger partial charge in [0.05, 0.1) is 0 Å². The van der Waals surface area contributed by atoms with Crippen molar-refractivity contribution in [1.82, 2.24) is 0 Å². The molecule has 0 aromatic heterocycles. The molecule has 802 valence electrons. The maximum Gasteiger partial charge on any atom is 0.335 e. The minimum Gasteiger partial charge on any atom is -0.501 e. The molecule has 0 spiro atoms. The number of aryl methyl sites for hydroxylation is 11. The zero-order valence-electron chi connectivity index (χ0n) is 89.6. The number of benzene rings is 10. The van der Waals surface area contributed by atoms with Crippen molar-refractivity contribution >= 4 is 174 Å². The number of aromatic hydroxyl groups is 2. The van der Waals surface area contributed by atoms with Crippen LogP contribution < -0.4 is 38.9 Å². The molecule has 0 bridgehead atoms. The molecule has 0 aliphatic carbocycles. The average Bonchev–Trinajstić information content (AvgIpc) is 1.57. The zero-order valence-corrected chi connectivity index (χ0v) is 106. The van der Waals surface area contributed by atoms with Crippen molar-refractivity contribution in [2.75, 3.05) is 50.2 Å². The van der Waals surface area contributed by atoms with Gasteiger partial charge in [0.2, 0.25) is 0 Å². The number of hydrogen-bond donors (Lipinski definition) is 0. The summed E-state index contributed by atoms with van der Waals surface area (Å²) >= 11 is -4.15. The zero-order chi connectivity index (χ0) is 108. The van der Waals surface area contributed by atoms with Crippen LogP contribution in [-0.4, -0.2) is 107 Å². The monoisotopic (exact) mass is 2560 g/mol. The summed E-state index contributed by atoms with van der Waals surface area (Å²) in [5.41, 5.74) is 29.6. The summed E-state index contributed by atoms with van der Waals surface area (Å²) in [5, 5.41) is 0. The molecule has 0 amide bonds. The SMILES string of the molecule is CC(C)Oc1ccccc1[CH]=[Ru]([Cl])[Cl].CC(C)Oc1ccccc1[CH]=[Ru]([Cl])[Cl].CC(C)[OH+]c1ccccc1[CH]=[Ru]([Cl])[Cl].CC(C)[OH+]c1ccccc1[CH]=[Ru]([Cl])[Cl].CC1(C)N(c2ccccc2)[CH-]N(c2ccccc2)C1(C)C.CC1=C(C)N(c2c(C)cc(C)cc2C)[CH-]S1.CCc1cccc(CC)c1N1[CH-]SC(C)=C1C.CO[Si](C)(CCCC1CN(c2c(C)cc(C)cc2C)[CH-]N1c1c(C)cc(C)cc1C)OC.O=S=O. The van der Waals surface area contributed by atoms with E-state index < -0.39 is 74.2 Å². The number of thioether (sulfide) groups is 2. The first-order chi connectivity index (χ1) is 68.5. The Morgan fingerprint density at radius 2 is 0.752 bits per heavy atom. The van der Waals surface area contributed by atoms with Gasteiger partial charge in [-0.3, -0.25) is 23.5 Å². The van der Waals surface area contributed by atoms with Crippen molar-refractivity contribution in [3.05, 3.63) is 342 Å². The van der Waals surface area contributed by atoms with Gasteiger partial charge < -0.3 is 38.3 Å². The molecule has 10 aromatic carbocycles. The minimum absolute atomic E-state index is 0.00973. The third-order valence-corrected chi connectivity index (χ3v) is 36.6. The maximum absolute atomic E-state index is 8.29. The van der Waals surface area contributed by atoms with Crippen molar-refractivity contribution in [2.45, 2.75) is 267 Å². The van der Waals surface area contributed by atoms with E-state index in [0.29, 0.717) is 6.04 Å². The Bertz CT molecular complexity index is 5620. The predicted molar refractivity (Wildman–Crippen MR) is 628 cm³/mol. The van der Waals surface area contributed by atoms with E-state index in [9.17, 15) is 0 Å². The molecule has 0 radical (unpaired) electrons. The molecule has 2 fully saturated rings. The van der Waals surface area contributed by atoms with Crippen molar-refractivity contribution in [2.24, 2.45) is 0 Å². The van der Waals surface area contributed by atoms with Crippen LogP contribution in [0.25, 0.3) is 0 Å². The first-order valence-electron chi connectivity index (χ1n) is 48.2. The number of ether oxygens (including phenoxy) is 4. The Labute approximate surface area is 935 Å². The van der Waals surface area contributed by atoms with Crippen LogP contribution in [0.3, 0.4) is 0 Å². The van der Waals surface area contributed by atoms with Crippen LogP contribution in [0.4, 0.5) is 34.1 Å². The molecular formula is C115H152Cl8N6O8Ru4S3Si-2. The van der Waals surface area contributed by atoms with Crippen LogP contribution in [0.1, 0.15) is 221 Å². The molecule has 30 heteroatoms. The van der Waals surface area contributed by atoms with E-state index in [1.165, 1.54) is 117 Å². The second kappa shape index (κ2) is 64.0. The summed E-state index contributed by atoms with van der Waals surface area (Å²) in [6.45, 7) is 66.2. The first-order valence-corrected chi connectivity index (χ1v) is 75.0. The van der Waals surface area contributed by atoms with Crippen LogP contribution in [-0.2, 0) is 87.3 Å². The molecule has 10 aromatic rings. The summed E-state index contributed by atoms with van der Waals surface area (Å²) in [7, 11) is 48.1. The van der Waals surface area contributed by atoms with Crippen molar-refractivity contribution in [1.29, 1.82) is 0 Å². The number of nitrogens with zero attached hydrogens (tertiary/aromatic N) is 6. The van der Waals surface area contributed by atoms with Gasteiger partial charge in [-0.25, -0.2) is 0 Å². The normalized spacial score (nSPS) is 14.7. The average molecular weight is 2560 g/mol. The molecule has 2 N–H and O–H groups in total. The van der Waals surface area contributed by atoms with Gasteiger partial charge in [-0.1, -0.05) is 122 Å². The third kappa shape index (κ3) is 40.5. The maximum atomic E-state index is 8.29. The van der Waals surface area contributed by atoms with E-state index in [2.05, 4.69) is 317 Å². The molecule has 0 saturated carbocycles. The number of aliphatic hydroxyl groups is 2. The second-order valence-corrected chi connectivity index (χ2v) is 66.3. The standard InChI is InChI=1S/C27H41N2O2Si.C19H23N2.C15H20NS.C14H18NS.4C10H12O.8ClH.O2S.4Ru/c1-19-13-21(3)26(22(4)14-19)28-17-25(11-10-12-32(9,30-7)31-8)29(18-28)27-23(5)15-20(2)16-24(27)6;1-18(2)19(3,4)21(17-13-9-6-10-14-17)15-20(18)16-11-7-5-8-12-16;1-5-13-8-7-9-14(6-2)15(13)16-10-17-12(4)11(16)3;1-9-6-10(2)14(11(3)7-9)15-8-16-13(5)12(15)4;4*1-8(2)11-10-7-5-4-6-9(10)3;;;;;;;;;1-3-2;;;;/h13-16,18,25H,10-12,17H2,1-9H3;5-15H,1-4H3;7-10H,5-6H2,1-4H3;6-8H,1-5H3;4*3-8H,1-2H3;8*1H;;;;;/q4*-1;;;;;;;;;;;;;;4*+2/p-6. The van der Waals surface area contributed by atoms with Crippen LogP contribution in [0.15, 0.2) is 234 Å². The molecule has 4 heterocycles. The summed E-state index contributed by atoms with van der Waals surface area (Å²) in [6, 6.07) is 74.4. The molecule has 4 aliphatic heterocycles. The van der Waals surface area contributed by atoms with Crippen molar-refractivity contribution in [3.8, 4) is 23.0 Å². The number of para-hydroxylation sites is 7.